The van der Waals surface area contributed by atoms with Crippen molar-refractivity contribution in [3.63, 3.8) is 0 Å². The Morgan fingerprint density at radius 2 is 2.25 bits per heavy atom. The first kappa shape index (κ1) is 13.2. The summed E-state index contributed by atoms with van der Waals surface area (Å²) in [5, 5.41) is 3.27. The molecule has 0 atom stereocenters. The van der Waals surface area contributed by atoms with E-state index in [1.54, 1.807) is 30.4 Å². The molecule has 0 saturated heterocycles. The molecule has 5 heteroatoms. The molecule has 0 spiro atoms. The summed E-state index contributed by atoms with van der Waals surface area (Å²) in [5.41, 5.74) is 5.80. The number of hydrogen-bond acceptors (Lipinski definition) is 2. The molecule has 3 N–H and O–H groups in total. The second-order valence-corrected chi connectivity index (χ2v) is 4.33. The molecule has 0 aromatic heterocycles. The van der Waals surface area contributed by atoms with E-state index in [0.29, 0.717) is 23.7 Å². The van der Waals surface area contributed by atoms with Crippen molar-refractivity contribution in [3.05, 3.63) is 45.4 Å². The van der Waals surface area contributed by atoms with Gasteiger partial charge in [0.15, 0.2) is 0 Å². The van der Waals surface area contributed by atoms with Crippen molar-refractivity contribution < 1.29 is 4.79 Å². The quantitative estimate of drug-likeness (QED) is 0.839. The molecule has 0 aliphatic rings. The molecule has 0 bridgehead atoms. The molecule has 0 saturated carbocycles. The van der Waals surface area contributed by atoms with E-state index in [1.165, 1.54) is 0 Å². The predicted octanol–water partition coefficient (Wildman–Crippen LogP) is 2.35. The molecule has 0 aliphatic carbocycles. The lowest BCUT2D eigenvalue weighted by atomic mass is 10.2. The summed E-state index contributed by atoms with van der Waals surface area (Å²) in [6, 6.07) is 5.08. The maximum absolute atomic E-state index is 11.7. The molecule has 1 amide bonds. The third kappa shape index (κ3) is 3.96. The van der Waals surface area contributed by atoms with Crippen LogP contribution in [-0.2, 0) is 0 Å². The smallest absolute Gasteiger partial charge is 0.252 e. The van der Waals surface area contributed by atoms with Gasteiger partial charge < -0.3 is 11.1 Å². The third-order valence-electron chi connectivity index (χ3n) is 1.86. The van der Waals surface area contributed by atoms with E-state index in [-0.39, 0.29) is 5.91 Å². The largest absolute Gasteiger partial charge is 0.349 e. The molecule has 0 fully saturated rings. The Kier molecular flexibility index (Phi) is 5.52. The molecule has 1 aromatic rings. The van der Waals surface area contributed by atoms with Crippen molar-refractivity contribution in [3.8, 4) is 0 Å². The van der Waals surface area contributed by atoms with Gasteiger partial charge in [0.25, 0.3) is 5.91 Å². The third-order valence-corrected chi connectivity index (χ3v) is 2.78. The average Bonchev–Trinajstić information content (AvgIpc) is 2.27. The lowest BCUT2D eigenvalue weighted by Gasteiger charge is -2.05. The van der Waals surface area contributed by atoms with Crippen LogP contribution in [0.25, 0.3) is 0 Å². The zero-order valence-corrected chi connectivity index (χ0v) is 10.9. The van der Waals surface area contributed by atoms with E-state index in [0.717, 1.165) is 4.47 Å². The first-order valence-electron chi connectivity index (χ1n) is 4.73. The van der Waals surface area contributed by atoms with Crippen molar-refractivity contribution >= 4 is 33.4 Å². The highest BCUT2D eigenvalue weighted by molar-refractivity contribution is 9.10. The molecular weight excluding hydrogens is 291 g/mol. The van der Waals surface area contributed by atoms with Gasteiger partial charge in [0.1, 0.15) is 0 Å². The predicted molar refractivity (Wildman–Crippen MR) is 69.7 cm³/mol. The fourth-order valence-electron chi connectivity index (χ4n) is 1.10. The topological polar surface area (TPSA) is 55.1 Å². The minimum atomic E-state index is -0.170. The van der Waals surface area contributed by atoms with Crippen LogP contribution >= 0.6 is 27.5 Å². The Morgan fingerprint density at radius 3 is 2.94 bits per heavy atom. The summed E-state index contributed by atoms with van der Waals surface area (Å²) >= 11 is 9.11. The van der Waals surface area contributed by atoms with E-state index in [9.17, 15) is 4.79 Å². The Bertz CT molecular complexity index is 407. The Labute approximate surface area is 108 Å². The molecule has 1 rings (SSSR count). The maximum atomic E-state index is 11.7. The molecule has 0 unspecified atom stereocenters. The van der Waals surface area contributed by atoms with Gasteiger partial charge in [-0.05, 0) is 34.1 Å². The van der Waals surface area contributed by atoms with Crippen LogP contribution in [0.1, 0.15) is 10.4 Å². The van der Waals surface area contributed by atoms with Crippen molar-refractivity contribution in [1.82, 2.24) is 5.32 Å². The fraction of sp³-hybridized carbons (Fsp3) is 0.182. The number of nitrogens with two attached hydrogens (primary N) is 1. The number of hydrogen-bond donors (Lipinski definition) is 2. The first-order valence-corrected chi connectivity index (χ1v) is 5.90. The standard InChI is InChI=1S/C11H12BrClN2O/c12-10-4-3-8(13)7-9(10)11(16)15-6-2-1-5-14/h1-4,7H,5-6,14H2,(H,15,16)/b2-1+. The van der Waals surface area contributed by atoms with Crippen molar-refractivity contribution in [2.75, 3.05) is 13.1 Å². The van der Waals surface area contributed by atoms with Crippen molar-refractivity contribution in [2.45, 2.75) is 0 Å². The summed E-state index contributed by atoms with van der Waals surface area (Å²) in [4.78, 5) is 11.7. The van der Waals surface area contributed by atoms with Gasteiger partial charge in [-0.15, -0.1) is 0 Å². The zero-order chi connectivity index (χ0) is 12.0. The van der Waals surface area contributed by atoms with Crippen molar-refractivity contribution in [1.29, 1.82) is 0 Å². The van der Waals surface area contributed by atoms with Crippen LogP contribution in [0.2, 0.25) is 5.02 Å². The van der Waals surface area contributed by atoms with E-state index in [4.69, 9.17) is 17.3 Å². The molecule has 0 radical (unpaired) electrons. The minimum absolute atomic E-state index is 0.170. The Balaban J connectivity index is 2.65. The van der Waals surface area contributed by atoms with Gasteiger partial charge in [-0.2, -0.15) is 0 Å². The highest BCUT2D eigenvalue weighted by Gasteiger charge is 2.09. The number of benzene rings is 1. The van der Waals surface area contributed by atoms with Crippen LogP contribution in [0.15, 0.2) is 34.8 Å². The number of carbonyl (C=O) groups excluding carboxylic acids is 1. The van der Waals surface area contributed by atoms with Gasteiger partial charge in [-0.1, -0.05) is 23.8 Å². The van der Waals surface area contributed by atoms with Crippen LogP contribution in [0, 0.1) is 0 Å². The number of carbonyl (C=O) groups is 1. The second-order valence-electron chi connectivity index (χ2n) is 3.04. The van der Waals surface area contributed by atoms with Gasteiger partial charge in [0.05, 0.1) is 5.56 Å². The minimum Gasteiger partial charge on any atom is -0.349 e. The fourth-order valence-corrected chi connectivity index (χ4v) is 1.70. The highest BCUT2D eigenvalue weighted by atomic mass is 79.9. The summed E-state index contributed by atoms with van der Waals surface area (Å²) in [5.74, 6) is -0.170. The first-order chi connectivity index (χ1) is 7.65. The SMILES string of the molecule is NC/C=C/CNC(=O)c1cc(Cl)ccc1Br. The van der Waals surface area contributed by atoms with Crippen LogP contribution in [0.5, 0.6) is 0 Å². The van der Waals surface area contributed by atoms with Gasteiger partial charge >= 0.3 is 0 Å². The lowest BCUT2D eigenvalue weighted by molar-refractivity contribution is 0.0957. The second kappa shape index (κ2) is 6.68. The monoisotopic (exact) mass is 302 g/mol. The molecule has 1 aromatic carbocycles. The van der Waals surface area contributed by atoms with Gasteiger partial charge in [-0.25, -0.2) is 0 Å². The van der Waals surface area contributed by atoms with Crippen LogP contribution in [-0.4, -0.2) is 19.0 Å². The van der Waals surface area contributed by atoms with Gasteiger partial charge in [-0.3, -0.25) is 4.79 Å². The maximum Gasteiger partial charge on any atom is 0.252 e. The molecule has 86 valence electrons. The highest BCUT2D eigenvalue weighted by Crippen LogP contribution is 2.20. The summed E-state index contributed by atoms with van der Waals surface area (Å²) in [7, 11) is 0. The molecule has 0 aliphatic heterocycles. The lowest BCUT2D eigenvalue weighted by Crippen LogP contribution is -2.23. The molecule has 3 nitrogen and oxygen atoms in total. The number of halogens is 2. The van der Waals surface area contributed by atoms with E-state index in [2.05, 4.69) is 21.2 Å². The normalized spacial score (nSPS) is 10.7. The van der Waals surface area contributed by atoms with Gasteiger partial charge in [0.2, 0.25) is 0 Å². The average molecular weight is 304 g/mol. The van der Waals surface area contributed by atoms with Crippen molar-refractivity contribution in [2.24, 2.45) is 5.73 Å². The van der Waals surface area contributed by atoms with E-state index >= 15 is 0 Å². The van der Waals surface area contributed by atoms with Crippen LogP contribution < -0.4 is 11.1 Å². The summed E-state index contributed by atoms with van der Waals surface area (Å²) in [6.07, 6.45) is 3.59. The van der Waals surface area contributed by atoms with Crippen LogP contribution in [0.4, 0.5) is 0 Å². The molecular formula is C11H12BrClN2O. The van der Waals surface area contributed by atoms with Gasteiger partial charge in [0, 0.05) is 22.6 Å². The summed E-state index contributed by atoms with van der Waals surface area (Å²) < 4.78 is 0.720. The Hall–Kier alpha value is -0.840. The molecule has 0 heterocycles. The van der Waals surface area contributed by atoms with E-state index < -0.39 is 0 Å². The Morgan fingerprint density at radius 1 is 1.50 bits per heavy atom. The van der Waals surface area contributed by atoms with E-state index in [1.807, 2.05) is 0 Å². The number of rotatable bonds is 4. The molecule has 16 heavy (non-hydrogen) atoms. The zero-order valence-electron chi connectivity index (χ0n) is 8.54. The summed E-state index contributed by atoms with van der Waals surface area (Å²) in [6.45, 7) is 0.922. The van der Waals surface area contributed by atoms with Crippen LogP contribution in [0.3, 0.4) is 0 Å². The number of amides is 1. The number of nitrogens with one attached hydrogen (secondary N) is 1.